The zero-order valence-electron chi connectivity index (χ0n) is 16.9. The highest BCUT2D eigenvalue weighted by molar-refractivity contribution is 6.28. The molecule has 3 heterocycles. The number of pyridine rings is 1. The summed E-state index contributed by atoms with van der Waals surface area (Å²) in [5.41, 5.74) is 1.15. The van der Waals surface area contributed by atoms with Crippen LogP contribution < -0.4 is 9.80 Å². The maximum Gasteiger partial charge on any atom is 0.266 e. The molecule has 0 aliphatic carbocycles. The van der Waals surface area contributed by atoms with E-state index in [1.54, 1.807) is 55.1 Å². The van der Waals surface area contributed by atoms with Gasteiger partial charge in [-0.05, 0) is 35.9 Å². The molecule has 3 aromatic rings. The SMILES string of the molecule is C[NH+](C)[C@H](CN=CC1C(=O)N(c2ccccn2)C(=O)c2ccccc21)c1ccco1. The number of furan rings is 1. The predicted octanol–water partition coefficient (Wildman–Crippen LogP) is 1.90. The Kier molecular flexibility index (Phi) is 5.54. The van der Waals surface area contributed by atoms with E-state index in [4.69, 9.17) is 4.42 Å². The molecule has 0 saturated heterocycles. The van der Waals surface area contributed by atoms with Gasteiger partial charge in [-0.3, -0.25) is 14.6 Å². The van der Waals surface area contributed by atoms with Crippen LogP contribution in [-0.4, -0.2) is 43.7 Å². The first-order valence-corrected chi connectivity index (χ1v) is 9.79. The first-order valence-electron chi connectivity index (χ1n) is 9.79. The van der Waals surface area contributed by atoms with Gasteiger partial charge in [-0.15, -0.1) is 0 Å². The van der Waals surface area contributed by atoms with Crippen LogP contribution >= 0.6 is 0 Å². The summed E-state index contributed by atoms with van der Waals surface area (Å²) in [5, 5.41) is 0. The maximum absolute atomic E-state index is 13.3. The van der Waals surface area contributed by atoms with Crippen LogP contribution in [0, 0.1) is 0 Å². The summed E-state index contributed by atoms with van der Waals surface area (Å²) in [4.78, 5) is 37.4. The number of benzene rings is 1. The van der Waals surface area contributed by atoms with E-state index in [9.17, 15) is 9.59 Å². The highest BCUT2D eigenvalue weighted by Crippen LogP contribution is 2.31. The third-order valence-electron chi connectivity index (χ3n) is 5.22. The van der Waals surface area contributed by atoms with Crippen LogP contribution in [0.3, 0.4) is 0 Å². The summed E-state index contributed by atoms with van der Waals surface area (Å²) in [6, 6.07) is 16.1. The van der Waals surface area contributed by atoms with Crippen molar-refractivity contribution in [1.82, 2.24) is 4.98 Å². The molecule has 0 bridgehead atoms. The molecule has 1 aliphatic heterocycles. The van der Waals surface area contributed by atoms with E-state index in [-0.39, 0.29) is 17.9 Å². The number of carbonyl (C=O) groups excluding carboxylic acids is 2. The zero-order chi connectivity index (χ0) is 21.1. The van der Waals surface area contributed by atoms with Crippen LogP contribution in [0.4, 0.5) is 5.82 Å². The lowest BCUT2D eigenvalue weighted by Gasteiger charge is -2.30. The molecule has 152 valence electrons. The fourth-order valence-electron chi connectivity index (χ4n) is 3.62. The molecule has 0 saturated carbocycles. The number of hydrogen-bond acceptors (Lipinski definition) is 5. The molecule has 0 fully saturated rings. The summed E-state index contributed by atoms with van der Waals surface area (Å²) >= 11 is 0. The molecule has 1 aromatic carbocycles. The summed E-state index contributed by atoms with van der Waals surface area (Å²) in [5.74, 6) is -0.229. The molecule has 2 atom stereocenters. The van der Waals surface area contributed by atoms with Crippen LogP contribution in [0.5, 0.6) is 0 Å². The predicted molar refractivity (Wildman–Crippen MR) is 113 cm³/mol. The second kappa shape index (κ2) is 8.42. The Labute approximate surface area is 174 Å². The maximum atomic E-state index is 13.3. The highest BCUT2D eigenvalue weighted by atomic mass is 16.3. The van der Waals surface area contributed by atoms with E-state index < -0.39 is 5.92 Å². The fraction of sp³-hybridized carbons (Fsp3) is 0.217. The van der Waals surface area contributed by atoms with Crippen molar-refractivity contribution in [2.24, 2.45) is 4.99 Å². The van der Waals surface area contributed by atoms with Crippen LogP contribution in [0.15, 0.2) is 76.5 Å². The van der Waals surface area contributed by atoms with Gasteiger partial charge in [-0.25, -0.2) is 9.88 Å². The number of anilines is 1. The summed E-state index contributed by atoms with van der Waals surface area (Å²) in [6.07, 6.45) is 4.85. The molecule has 0 radical (unpaired) electrons. The van der Waals surface area contributed by atoms with Crippen molar-refractivity contribution in [2.75, 3.05) is 25.5 Å². The van der Waals surface area contributed by atoms with Crippen molar-refractivity contribution in [3.63, 3.8) is 0 Å². The first-order chi connectivity index (χ1) is 14.6. The van der Waals surface area contributed by atoms with Crippen molar-refractivity contribution in [2.45, 2.75) is 12.0 Å². The zero-order valence-corrected chi connectivity index (χ0v) is 16.9. The highest BCUT2D eigenvalue weighted by Gasteiger charge is 2.39. The average molecular weight is 403 g/mol. The Morgan fingerprint density at radius 2 is 1.93 bits per heavy atom. The number of nitrogens with one attached hydrogen (secondary N) is 1. The van der Waals surface area contributed by atoms with Gasteiger partial charge in [0.15, 0.2) is 11.8 Å². The Bertz CT molecular complexity index is 1060. The lowest BCUT2D eigenvalue weighted by molar-refractivity contribution is -0.891. The van der Waals surface area contributed by atoms with Gasteiger partial charge in [0, 0.05) is 18.0 Å². The minimum Gasteiger partial charge on any atom is -0.463 e. The summed E-state index contributed by atoms with van der Waals surface area (Å²) in [7, 11) is 4.07. The number of amides is 2. The molecule has 1 unspecified atom stereocenters. The van der Waals surface area contributed by atoms with E-state index in [0.29, 0.717) is 23.5 Å². The number of rotatable bonds is 6. The molecule has 30 heavy (non-hydrogen) atoms. The van der Waals surface area contributed by atoms with Crippen LogP contribution in [-0.2, 0) is 4.79 Å². The molecule has 2 aromatic heterocycles. The van der Waals surface area contributed by atoms with Gasteiger partial charge in [0.2, 0.25) is 5.91 Å². The normalized spacial score (nSPS) is 17.6. The van der Waals surface area contributed by atoms with Crippen molar-refractivity contribution < 1.29 is 18.9 Å². The number of imide groups is 1. The lowest BCUT2D eigenvalue weighted by Crippen LogP contribution is -3.06. The quantitative estimate of drug-likeness (QED) is 0.504. The molecule has 7 heteroatoms. The number of likely N-dealkylation sites (N-methyl/N-ethyl adjacent to an activating group) is 1. The molecule has 1 N–H and O–H groups in total. The van der Waals surface area contributed by atoms with Crippen molar-refractivity contribution in [3.8, 4) is 0 Å². The molecule has 7 nitrogen and oxygen atoms in total. The van der Waals surface area contributed by atoms with Crippen LogP contribution in [0.2, 0.25) is 0 Å². The fourth-order valence-corrected chi connectivity index (χ4v) is 3.62. The van der Waals surface area contributed by atoms with Gasteiger partial charge in [-0.2, -0.15) is 0 Å². The Morgan fingerprint density at radius 3 is 2.63 bits per heavy atom. The number of hydrogen-bond donors (Lipinski definition) is 1. The third-order valence-corrected chi connectivity index (χ3v) is 5.22. The Balaban J connectivity index is 1.66. The molecule has 4 rings (SSSR count). The number of aromatic nitrogens is 1. The number of nitrogens with zero attached hydrogens (tertiary/aromatic N) is 3. The van der Waals surface area contributed by atoms with Gasteiger partial charge >= 0.3 is 0 Å². The van der Waals surface area contributed by atoms with Gasteiger partial charge in [0.25, 0.3) is 5.91 Å². The number of carbonyl (C=O) groups is 2. The summed E-state index contributed by atoms with van der Waals surface area (Å²) in [6.45, 7) is 0.458. The van der Waals surface area contributed by atoms with Crippen molar-refractivity contribution in [3.05, 3.63) is 83.9 Å². The van der Waals surface area contributed by atoms with E-state index in [0.717, 1.165) is 10.7 Å². The molecule has 0 spiro atoms. The summed E-state index contributed by atoms with van der Waals surface area (Å²) < 4.78 is 5.54. The van der Waals surface area contributed by atoms with E-state index in [1.807, 2.05) is 32.3 Å². The van der Waals surface area contributed by atoms with Crippen LogP contribution in [0.1, 0.15) is 33.6 Å². The topological polar surface area (TPSA) is 80.2 Å². The van der Waals surface area contributed by atoms with Crippen molar-refractivity contribution >= 4 is 23.8 Å². The minimum absolute atomic E-state index is 0.0266. The number of fused-ring (bicyclic) bond motifs is 1. The lowest BCUT2D eigenvalue weighted by atomic mass is 9.89. The van der Waals surface area contributed by atoms with Crippen molar-refractivity contribution in [1.29, 1.82) is 0 Å². The largest absolute Gasteiger partial charge is 0.463 e. The van der Waals surface area contributed by atoms with E-state index >= 15 is 0 Å². The second-order valence-corrected chi connectivity index (χ2v) is 7.39. The molecular formula is C23H23N4O3+. The van der Waals surface area contributed by atoms with Gasteiger partial charge < -0.3 is 9.32 Å². The average Bonchev–Trinajstić information content (AvgIpc) is 3.28. The molecule has 1 aliphatic rings. The molecular weight excluding hydrogens is 380 g/mol. The monoisotopic (exact) mass is 403 g/mol. The van der Waals surface area contributed by atoms with Gasteiger partial charge in [-0.1, -0.05) is 24.3 Å². The number of quaternary nitrogens is 1. The first kappa shape index (κ1) is 19.7. The second-order valence-electron chi connectivity index (χ2n) is 7.39. The Hall–Kier alpha value is -3.58. The van der Waals surface area contributed by atoms with E-state index in [2.05, 4.69) is 9.98 Å². The van der Waals surface area contributed by atoms with E-state index in [1.165, 1.54) is 4.90 Å². The smallest absolute Gasteiger partial charge is 0.266 e. The Morgan fingerprint density at radius 1 is 1.13 bits per heavy atom. The standard InChI is InChI=1S/C23H22N4O3/c1-26(2)19(20-10-7-13-30-20)15-24-14-18-16-8-3-4-9-17(16)22(28)27(23(18)29)21-11-5-6-12-25-21/h3-14,18-19H,15H2,1-2H3/p+1/t18?,19-/m1/s1. The number of aliphatic imine (C=N–C) groups is 1. The van der Waals surface area contributed by atoms with Crippen LogP contribution in [0.25, 0.3) is 0 Å². The minimum atomic E-state index is -0.657. The molecule has 2 amide bonds. The van der Waals surface area contributed by atoms with Gasteiger partial charge in [0.05, 0.1) is 32.8 Å². The van der Waals surface area contributed by atoms with Gasteiger partial charge in [0.1, 0.15) is 5.82 Å². The third kappa shape index (κ3) is 3.67.